The zero-order chi connectivity index (χ0) is 13.8. The zero-order valence-electron chi connectivity index (χ0n) is 13.5. The Kier molecular flexibility index (Phi) is 5.70. The van der Waals surface area contributed by atoms with Gasteiger partial charge in [-0.2, -0.15) is 0 Å². The Bertz CT molecular complexity index is 266. The van der Waals surface area contributed by atoms with Crippen LogP contribution in [0.4, 0.5) is 0 Å². The molecule has 19 heavy (non-hydrogen) atoms. The van der Waals surface area contributed by atoms with E-state index in [1.54, 1.807) is 0 Å². The highest BCUT2D eigenvalue weighted by Gasteiger charge is 2.29. The zero-order valence-corrected chi connectivity index (χ0v) is 13.5. The summed E-state index contributed by atoms with van der Waals surface area (Å²) in [5, 5.41) is 3.96. The van der Waals surface area contributed by atoms with E-state index in [0.717, 1.165) is 23.8 Å². The van der Waals surface area contributed by atoms with Crippen molar-refractivity contribution in [1.29, 1.82) is 0 Å². The fraction of sp³-hybridized carbons (Fsp3) is 1.00. The summed E-state index contributed by atoms with van der Waals surface area (Å²) in [7, 11) is 0. The van der Waals surface area contributed by atoms with Crippen molar-refractivity contribution in [3.8, 4) is 0 Å². The summed E-state index contributed by atoms with van der Waals surface area (Å²) in [5.41, 5.74) is 0. The van der Waals surface area contributed by atoms with Crippen molar-refractivity contribution in [2.24, 2.45) is 17.8 Å². The standard InChI is InChI=1S/C17H34N2/c1-5-19-10-6-7-16(12-19)15(4)18-17-9-8-13(2)14(3)11-17/h13-18H,5-12H2,1-4H3. The van der Waals surface area contributed by atoms with E-state index in [9.17, 15) is 0 Å². The van der Waals surface area contributed by atoms with Gasteiger partial charge in [0, 0.05) is 18.6 Å². The van der Waals surface area contributed by atoms with Crippen molar-refractivity contribution < 1.29 is 0 Å². The number of nitrogens with zero attached hydrogens (tertiary/aromatic N) is 1. The quantitative estimate of drug-likeness (QED) is 0.837. The lowest BCUT2D eigenvalue weighted by atomic mass is 9.78. The maximum atomic E-state index is 3.96. The van der Waals surface area contributed by atoms with Gasteiger partial charge in [0.25, 0.3) is 0 Å². The Hall–Kier alpha value is -0.0800. The van der Waals surface area contributed by atoms with E-state index in [1.807, 2.05) is 0 Å². The molecule has 0 spiro atoms. The van der Waals surface area contributed by atoms with Gasteiger partial charge in [-0.15, -0.1) is 0 Å². The molecule has 112 valence electrons. The van der Waals surface area contributed by atoms with Crippen LogP contribution in [0, 0.1) is 17.8 Å². The van der Waals surface area contributed by atoms with Gasteiger partial charge in [0.2, 0.25) is 0 Å². The predicted octanol–water partition coefficient (Wildman–Crippen LogP) is 3.52. The smallest absolute Gasteiger partial charge is 0.00818 e. The molecule has 2 rings (SSSR count). The van der Waals surface area contributed by atoms with E-state index in [4.69, 9.17) is 0 Å². The molecule has 1 aliphatic carbocycles. The summed E-state index contributed by atoms with van der Waals surface area (Å²) in [6, 6.07) is 1.47. The predicted molar refractivity (Wildman–Crippen MR) is 83.4 cm³/mol. The first-order chi connectivity index (χ1) is 9.10. The van der Waals surface area contributed by atoms with Crippen molar-refractivity contribution in [2.45, 2.75) is 71.9 Å². The highest BCUT2D eigenvalue weighted by atomic mass is 15.1. The van der Waals surface area contributed by atoms with Gasteiger partial charge in [-0.3, -0.25) is 0 Å². The molecule has 0 aromatic carbocycles. The summed E-state index contributed by atoms with van der Waals surface area (Å²) in [6.45, 7) is 13.4. The summed E-state index contributed by atoms with van der Waals surface area (Å²) < 4.78 is 0. The molecule has 1 saturated heterocycles. The normalized spacial score (nSPS) is 39.2. The molecule has 0 amide bonds. The molecular weight excluding hydrogens is 232 g/mol. The molecule has 2 aliphatic rings. The molecule has 2 heteroatoms. The van der Waals surface area contributed by atoms with Gasteiger partial charge in [-0.05, 0) is 69.9 Å². The van der Waals surface area contributed by atoms with E-state index in [-0.39, 0.29) is 0 Å². The number of hydrogen-bond donors (Lipinski definition) is 1. The lowest BCUT2D eigenvalue weighted by Gasteiger charge is -2.39. The van der Waals surface area contributed by atoms with Gasteiger partial charge in [-0.25, -0.2) is 0 Å². The van der Waals surface area contributed by atoms with Gasteiger partial charge in [0.05, 0.1) is 0 Å². The number of piperidine rings is 1. The third-order valence-corrected chi connectivity index (χ3v) is 5.79. The van der Waals surface area contributed by atoms with Gasteiger partial charge < -0.3 is 10.2 Å². The lowest BCUT2D eigenvalue weighted by Crippen LogP contribution is -2.48. The molecular formula is C17H34N2. The van der Waals surface area contributed by atoms with Crippen molar-refractivity contribution in [3.05, 3.63) is 0 Å². The van der Waals surface area contributed by atoms with Gasteiger partial charge in [0.15, 0.2) is 0 Å². The average Bonchev–Trinajstić information content (AvgIpc) is 2.43. The number of rotatable bonds is 4. The SMILES string of the molecule is CCN1CCCC(C(C)NC2CCC(C)C(C)C2)C1. The molecule has 5 unspecified atom stereocenters. The summed E-state index contributed by atoms with van der Waals surface area (Å²) in [6.07, 6.45) is 7.00. The van der Waals surface area contributed by atoms with Gasteiger partial charge in [-0.1, -0.05) is 20.8 Å². The van der Waals surface area contributed by atoms with Crippen LogP contribution in [0.3, 0.4) is 0 Å². The Morgan fingerprint density at radius 2 is 1.95 bits per heavy atom. The van der Waals surface area contributed by atoms with Crippen LogP contribution in [0.1, 0.15) is 59.8 Å². The largest absolute Gasteiger partial charge is 0.311 e. The highest BCUT2D eigenvalue weighted by molar-refractivity contribution is 4.86. The van der Waals surface area contributed by atoms with Gasteiger partial charge >= 0.3 is 0 Å². The molecule has 2 nitrogen and oxygen atoms in total. The molecule has 1 saturated carbocycles. The minimum Gasteiger partial charge on any atom is -0.311 e. The maximum absolute atomic E-state index is 3.96. The molecule has 0 aromatic heterocycles. The van der Waals surface area contributed by atoms with Crippen LogP contribution in [-0.2, 0) is 0 Å². The second kappa shape index (κ2) is 7.08. The molecule has 0 radical (unpaired) electrons. The van der Waals surface area contributed by atoms with Crippen LogP contribution in [0.5, 0.6) is 0 Å². The Labute approximate surface area is 120 Å². The highest BCUT2D eigenvalue weighted by Crippen LogP contribution is 2.30. The maximum Gasteiger partial charge on any atom is 0.00818 e. The first-order valence-corrected chi connectivity index (χ1v) is 8.58. The van der Waals surface area contributed by atoms with Crippen LogP contribution in [0.2, 0.25) is 0 Å². The van der Waals surface area contributed by atoms with Crippen LogP contribution in [0.25, 0.3) is 0 Å². The molecule has 1 heterocycles. The molecule has 1 aliphatic heterocycles. The molecule has 2 fully saturated rings. The van der Waals surface area contributed by atoms with Crippen LogP contribution >= 0.6 is 0 Å². The van der Waals surface area contributed by atoms with Crippen molar-refractivity contribution in [3.63, 3.8) is 0 Å². The first kappa shape index (κ1) is 15.3. The Balaban J connectivity index is 1.78. The van der Waals surface area contributed by atoms with Gasteiger partial charge in [0.1, 0.15) is 0 Å². The average molecular weight is 266 g/mol. The van der Waals surface area contributed by atoms with Crippen LogP contribution < -0.4 is 5.32 Å². The van der Waals surface area contributed by atoms with E-state index < -0.39 is 0 Å². The summed E-state index contributed by atoms with van der Waals surface area (Å²) >= 11 is 0. The number of likely N-dealkylation sites (tertiary alicyclic amines) is 1. The van der Waals surface area contributed by atoms with E-state index in [2.05, 4.69) is 37.9 Å². The summed E-state index contributed by atoms with van der Waals surface area (Å²) in [5.74, 6) is 2.69. The van der Waals surface area contributed by atoms with Crippen LogP contribution in [0.15, 0.2) is 0 Å². The second-order valence-corrected chi connectivity index (χ2v) is 7.22. The van der Waals surface area contributed by atoms with Crippen molar-refractivity contribution in [2.75, 3.05) is 19.6 Å². The summed E-state index contributed by atoms with van der Waals surface area (Å²) in [4.78, 5) is 2.62. The molecule has 1 N–H and O–H groups in total. The number of nitrogens with one attached hydrogen (secondary N) is 1. The number of hydrogen-bond acceptors (Lipinski definition) is 2. The molecule has 0 aromatic rings. The Morgan fingerprint density at radius 1 is 1.16 bits per heavy atom. The fourth-order valence-corrected chi connectivity index (χ4v) is 3.99. The third kappa shape index (κ3) is 4.19. The fourth-order valence-electron chi connectivity index (χ4n) is 3.99. The molecule has 5 atom stereocenters. The second-order valence-electron chi connectivity index (χ2n) is 7.22. The van der Waals surface area contributed by atoms with Crippen molar-refractivity contribution >= 4 is 0 Å². The van der Waals surface area contributed by atoms with E-state index in [0.29, 0.717) is 6.04 Å². The monoisotopic (exact) mass is 266 g/mol. The molecule has 0 bridgehead atoms. The van der Waals surface area contributed by atoms with E-state index in [1.165, 1.54) is 51.7 Å². The van der Waals surface area contributed by atoms with Crippen LogP contribution in [-0.4, -0.2) is 36.6 Å². The lowest BCUT2D eigenvalue weighted by molar-refractivity contribution is 0.139. The first-order valence-electron chi connectivity index (χ1n) is 8.58. The van der Waals surface area contributed by atoms with E-state index >= 15 is 0 Å². The topological polar surface area (TPSA) is 15.3 Å². The minimum absolute atomic E-state index is 0.694. The Morgan fingerprint density at radius 3 is 2.63 bits per heavy atom. The third-order valence-electron chi connectivity index (χ3n) is 5.79. The minimum atomic E-state index is 0.694. The van der Waals surface area contributed by atoms with Crippen molar-refractivity contribution in [1.82, 2.24) is 10.2 Å².